The maximum atomic E-state index is 12.2. The topological polar surface area (TPSA) is 140 Å². The van der Waals surface area contributed by atoms with Crippen LogP contribution >= 0.6 is 0 Å². The van der Waals surface area contributed by atoms with Crippen molar-refractivity contribution < 1.29 is 47.3 Å². The van der Waals surface area contributed by atoms with Crippen LogP contribution in [0.5, 0.6) is 0 Å². The van der Waals surface area contributed by atoms with Crippen LogP contribution in [-0.4, -0.2) is 113 Å². The molecule has 3 fully saturated rings. The zero-order chi connectivity index (χ0) is 23.8. The summed E-state index contributed by atoms with van der Waals surface area (Å²) in [5, 5.41) is 19.8. The molecule has 3 saturated heterocycles. The Morgan fingerprint density at radius 2 is 1.75 bits per heavy atom. The lowest BCUT2D eigenvalue weighted by Crippen LogP contribution is -2.68. The Bertz CT molecular complexity index is 839. The number of alkyl halides is 3. The second kappa shape index (κ2) is 8.94. The van der Waals surface area contributed by atoms with Crippen LogP contribution in [0, 0.1) is 5.92 Å². The lowest BCUT2D eigenvalue weighted by molar-refractivity contribution is -0.192. The maximum Gasteiger partial charge on any atom is 0.490 e. The van der Waals surface area contributed by atoms with E-state index in [0.717, 1.165) is 13.1 Å². The lowest BCUT2D eigenvalue weighted by atomic mass is 9.79. The number of carbonyl (C=O) groups is 4. The summed E-state index contributed by atoms with van der Waals surface area (Å²) in [6.45, 7) is 3.38. The summed E-state index contributed by atoms with van der Waals surface area (Å²) >= 11 is 0. The van der Waals surface area contributed by atoms with Gasteiger partial charge in [0, 0.05) is 32.7 Å². The molecule has 0 bridgehead atoms. The van der Waals surface area contributed by atoms with Crippen molar-refractivity contribution in [2.45, 2.75) is 24.7 Å². The minimum absolute atomic E-state index is 0.00243. The molecule has 3 atom stereocenters. The fraction of sp³-hybridized carbons (Fsp3) is 0.667. The largest absolute Gasteiger partial charge is 0.490 e. The third kappa shape index (κ3) is 4.65. The van der Waals surface area contributed by atoms with E-state index in [1.807, 2.05) is 7.05 Å². The van der Waals surface area contributed by atoms with Gasteiger partial charge in [-0.1, -0.05) is 0 Å². The Morgan fingerprint density at radius 3 is 2.28 bits per heavy atom. The van der Waals surface area contributed by atoms with Crippen LogP contribution in [0.25, 0.3) is 0 Å². The van der Waals surface area contributed by atoms with E-state index in [4.69, 9.17) is 14.6 Å². The summed E-state index contributed by atoms with van der Waals surface area (Å²) in [6, 6.07) is -0.329. The van der Waals surface area contributed by atoms with E-state index in [2.05, 4.69) is 10.2 Å². The number of carboxylic acids is 2. The van der Waals surface area contributed by atoms with Gasteiger partial charge in [0.1, 0.15) is 18.3 Å². The number of carboxylic acid groups (broad SMARTS) is 2. The number of amides is 2. The van der Waals surface area contributed by atoms with Gasteiger partial charge in [-0.3, -0.25) is 9.69 Å². The first-order valence-corrected chi connectivity index (χ1v) is 9.84. The molecule has 4 rings (SSSR count). The number of halogens is 3. The van der Waals surface area contributed by atoms with Gasteiger partial charge >= 0.3 is 24.2 Å². The number of likely N-dealkylation sites (N-methyl/N-ethyl adjacent to an activating group) is 1. The molecule has 0 aromatic rings. The van der Waals surface area contributed by atoms with Gasteiger partial charge in [-0.05, 0) is 25.0 Å². The fourth-order valence-electron chi connectivity index (χ4n) is 4.25. The normalized spacial score (nSPS) is 27.2. The average molecular weight is 464 g/mol. The number of ether oxygens (including phenoxy) is 1. The number of β-lactam (4-membered cyclic amide) rings is 1. The number of piperazine rings is 1. The van der Waals surface area contributed by atoms with Crippen molar-refractivity contribution in [2.24, 2.45) is 5.92 Å². The average Bonchev–Trinajstić information content (AvgIpc) is 3.12. The molecule has 0 unspecified atom stereocenters. The van der Waals surface area contributed by atoms with E-state index in [1.165, 1.54) is 4.90 Å². The third-order valence-electron chi connectivity index (χ3n) is 5.89. The Balaban J connectivity index is 0.000000360. The van der Waals surface area contributed by atoms with Crippen molar-refractivity contribution in [3.05, 3.63) is 11.3 Å². The highest BCUT2D eigenvalue weighted by molar-refractivity contribution is 6.00. The van der Waals surface area contributed by atoms with Gasteiger partial charge in [-0.25, -0.2) is 14.4 Å². The number of nitrogens with zero attached hydrogens (tertiary/aromatic N) is 3. The van der Waals surface area contributed by atoms with Gasteiger partial charge in [0.2, 0.25) is 5.91 Å². The van der Waals surface area contributed by atoms with Gasteiger partial charge in [0.15, 0.2) is 0 Å². The first-order valence-electron chi connectivity index (χ1n) is 9.84. The molecule has 4 aliphatic heterocycles. The Kier molecular flexibility index (Phi) is 6.64. The smallest absolute Gasteiger partial charge is 0.477 e. The van der Waals surface area contributed by atoms with Crippen LogP contribution in [0.2, 0.25) is 0 Å². The zero-order valence-corrected chi connectivity index (χ0v) is 17.1. The van der Waals surface area contributed by atoms with E-state index < -0.39 is 24.2 Å². The molecular formula is C18H23F3N4O7. The molecule has 4 heterocycles. The monoisotopic (exact) mass is 464 g/mol. The Hall–Kier alpha value is -2.87. The number of hydrogen-bond donors (Lipinski definition) is 3. The van der Waals surface area contributed by atoms with E-state index in [9.17, 15) is 32.7 Å². The van der Waals surface area contributed by atoms with Crippen molar-refractivity contribution in [1.29, 1.82) is 0 Å². The highest BCUT2D eigenvalue weighted by Crippen LogP contribution is 2.43. The van der Waals surface area contributed by atoms with Crippen LogP contribution in [0.3, 0.4) is 0 Å². The maximum absolute atomic E-state index is 12.2. The molecule has 11 nitrogen and oxygen atoms in total. The number of carbonyl (C=O) groups excluding carboxylic acids is 2. The first-order chi connectivity index (χ1) is 14.9. The van der Waals surface area contributed by atoms with Crippen LogP contribution in [0.4, 0.5) is 18.0 Å². The molecule has 4 aliphatic rings. The molecule has 0 aromatic carbocycles. The summed E-state index contributed by atoms with van der Waals surface area (Å²) in [6.07, 6.45) is -4.97. The van der Waals surface area contributed by atoms with Gasteiger partial charge < -0.3 is 30.1 Å². The van der Waals surface area contributed by atoms with Crippen molar-refractivity contribution in [3.63, 3.8) is 0 Å². The van der Waals surface area contributed by atoms with E-state index >= 15 is 0 Å². The van der Waals surface area contributed by atoms with E-state index in [-0.39, 0.29) is 36.2 Å². The highest BCUT2D eigenvalue weighted by Gasteiger charge is 2.59. The Morgan fingerprint density at radius 1 is 1.16 bits per heavy atom. The third-order valence-corrected chi connectivity index (χ3v) is 5.89. The van der Waals surface area contributed by atoms with Gasteiger partial charge in [-0.2, -0.15) is 13.2 Å². The number of nitrogens with one attached hydrogen (secondary N) is 1. The van der Waals surface area contributed by atoms with Gasteiger partial charge in [0.25, 0.3) is 0 Å². The molecule has 3 N–H and O–H groups in total. The minimum atomic E-state index is -5.08. The molecule has 0 spiro atoms. The van der Waals surface area contributed by atoms with Gasteiger partial charge in [0.05, 0.1) is 6.04 Å². The van der Waals surface area contributed by atoms with Crippen LogP contribution in [0.1, 0.15) is 6.42 Å². The molecule has 0 saturated carbocycles. The molecule has 32 heavy (non-hydrogen) atoms. The molecule has 2 amide bonds. The molecular weight excluding hydrogens is 441 g/mol. The van der Waals surface area contributed by atoms with E-state index in [1.54, 1.807) is 4.90 Å². The van der Waals surface area contributed by atoms with Crippen LogP contribution < -0.4 is 5.32 Å². The van der Waals surface area contributed by atoms with Crippen molar-refractivity contribution in [3.8, 4) is 0 Å². The highest BCUT2D eigenvalue weighted by atomic mass is 19.4. The number of rotatable bonds is 3. The molecule has 0 aromatic heterocycles. The van der Waals surface area contributed by atoms with E-state index in [0.29, 0.717) is 31.6 Å². The van der Waals surface area contributed by atoms with Crippen LogP contribution in [-0.2, 0) is 19.1 Å². The lowest BCUT2D eigenvalue weighted by Gasteiger charge is -2.48. The molecule has 14 heteroatoms. The summed E-state index contributed by atoms with van der Waals surface area (Å²) in [7, 11) is 2.00. The van der Waals surface area contributed by atoms with Gasteiger partial charge in [-0.15, -0.1) is 0 Å². The fourth-order valence-corrected chi connectivity index (χ4v) is 4.25. The predicted octanol–water partition coefficient (Wildman–Crippen LogP) is -0.455. The first kappa shape index (κ1) is 23.8. The second-order valence-corrected chi connectivity index (χ2v) is 7.95. The van der Waals surface area contributed by atoms with Crippen molar-refractivity contribution in [1.82, 2.24) is 20.0 Å². The number of hydrogen-bond acceptors (Lipinski definition) is 7. The molecule has 0 radical (unpaired) electrons. The summed E-state index contributed by atoms with van der Waals surface area (Å²) in [5.41, 5.74) is 0.518. The predicted molar refractivity (Wildman–Crippen MR) is 99.3 cm³/mol. The second-order valence-electron chi connectivity index (χ2n) is 7.95. The standard InChI is InChI=1S/C16H22N4O5.C2HF3O2/c1-18-2-4-19(5-3-18)16(24)25-8-10-6-9-7-17-11-12(9)20(14(11)21)13(10)15(22)23;3-2(4,5)1(6)7/h9,11-12,17H,2-8H2,1H3,(H,22,23);(H,6,7)/t9-,11+,12-;/m1./s1. The Labute approximate surface area is 180 Å². The SMILES string of the molecule is CN1CCN(C(=O)OCC2=C(C(=O)O)N3C(=O)[C@H]4NC[C@@H](C2)[C@H]43)CC1.O=C(O)C(F)(F)F. The summed E-state index contributed by atoms with van der Waals surface area (Å²) in [4.78, 5) is 50.1. The molecule has 0 aliphatic carbocycles. The zero-order valence-electron chi connectivity index (χ0n) is 17.1. The quantitative estimate of drug-likeness (QED) is 0.474. The summed E-state index contributed by atoms with van der Waals surface area (Å²) < 4.78 is 37.1. The molecule has 178 valence electrons. The van der Waals surface area contributed by atoms with Crippen molar-refractivity contribution in [2.75, 3.05) is 46.4 Å². The summed E-state index contributed by atoms with van der Waals surface area (Å²) in [5.74, 6) is -3.91. The van der Waals surface area contributed by atoms with Crippen LogP contribution in [0.15, 0.2) is 11.3 Å². The minimum Gasteiger partial charge on any atom is -0.477 e. The number of aliphatic carboxylic acids is 2. The van der Waals surface area contributed by atoms with Crippen molar-refractivity contribution >= 4 is 23.9 Å².